The van der Waals surface area contributed by atoms with E-state index in [4.69, 9.17) is 0 Å². The quantitative estimate of drug-likeness (QED) is 0.581. The molecule has 28 heavy (non-hydrogen) atoms. The number of Topliss-reactive ketones (excluding diaryl/α,β-unsaturated/α-hetero) is 1. The Bertz CT molecular complexity index is 810. The molecule has 2 unspecified atom stereocenters. The van der Waals surface area contributed by atoms with Crippen LogP contribution in [0.25, 0.3) is 0 Å². The second kappa shape index (κ2) is 9.98. The van der Waals surface area contributed by atoms with E-state index in [-0.39, 0.29) is 17.7 Å². The van der Waals surface area contributed by atoms with E-state index in [1.54, 1.807) is 0 Å². The fourth-order valence-electron chi connectivity index (χ4n) is 3.47. The highest BCUT2D eigenvalue weighted by Gasteiger charge is 2.22. The Kier molecular flexibility index (Phi) is 7.12. The fraction of sp³-hybridized carbons (Fsp3) is 0.240. The van der Waals surface area contributed by atoms with Crippen LogP contribution in [0.1, 0.15) is 42.1 Å². The lowest BCUT2D eigenvalue weighted by Gasteiger charge is -2.22. The number of aliphatic hydroxyl groups excluding tert-OH is 1. The van der Waals surface area contributed by atoms with Crippen molar-refractivity contribution >= 4 is 5.78 Å². The molecule has 0 amide bonds. The zero-order valence-corrected chi connectivity index (χ0v) is 16.2. The average molecular weight is 373 g/mol. The third-order valence-electron chi connectivity index (χ3n) is 5.04. The van der Waals surface area contributed by atoms with Gasteiger partial charge in [-0.25, -0.2) is 0 Å². The molecule has 0 spiro atoms. The third-order valence-corrected chi connectivity index (χ3v) is 5.04. The number of ketones is 1. The van der Waals surface area contributed by atoms with Gasteiger partial charge in [0.25, 0.3) is 0 Å². The normalized spacial score (nSPS) is 13.2. The lowest BCUT2D eigenvalue weighted by molar-refractivity contribution is -0.119. The van der Waals surface area contributed by atoms with Gasteiger partial charge in [0.1, 0.15) is 5.78 Å². The number of carbonyl (C=O) groups is 1. The third kappa shape index (κ3) is 5.16. The van der Waals surface area contributed by atoms with E-state index < -0.39 is 6.10 Å². The van der Waals surface area contributed by atoms with Gasteiger partial charge >= 0.3 is 0 Å². The van der Waals surface area contributed by atoms with Crippen LogP contribution >= 0.6 is 0 Å². The molecule has 144 valence electrons. The summed E-state index contributed by atoms with van der Waals surface area (Å²) in [5.41, 5.74) is 2.90. The van der Waals surface area contributed by atoms with Crippen LogP contribution in [0.2, 0.25) is 0 Å². The SMILES string of the molecule is CC(NCCC(=O)C(c1ccccc1)c1ccccc1)C(O)c1ccccc1. The Labute approximate surface area is 167 Å². The van der Waals surface area contributed by atoms with Crippen molar-refractivity contribution in [2.75, 3.05) is 6.54 Å². The summed E-state index contributed by atoms with van der Waals surface area (Å²) in [5.74, 6) is -0.0927. The predicted molar refractivity (Wildman–Crippen MR) is 113 cm³/mol. The highest BCUT2D eigenvalue weighted by molar-refractivity contribution is 5.89. The summed E-state index contributed by atoms with van der Waals surface area (Å²) in [6, 6.07) is 29.3. The van der Waals surface area contributed by atoms with Crippen molar-refractivity contribution in [2.24, 2.45) is 0 Å². The Hall–Kier alpha value is -2.75. The Morgan fingerprint density at radius 3 is 1.68 bits per heavy atom. The van der Waals surface area contributed by atoms with Gasteiger partial charge < -0.3 is 10.4 Å². The fourth-order valence-corrected chi connectivity index (χ4v) is 3.47. The van der Waals surface area contributed by atoms with Crippen molar-refractivity contribution in [3.05, 3.63) is 108 Å². The van der Waals surface area contributed by atoms with Crippen LogP contribution in [0.5, 0.6) is 0 Å². The maximum atomic E-state index is 13.1. The first kappa shape index (κ1) is 20.0. The smallest absolute Gasteiger partial charge is 0.145 e. The minimum Gasteiger partial charge on any atom is -0.387 e. The van der Waals surface area contributed by atoms with Gasteiger partial charge in [-0.1, -0.05) is 91.0 Å². The molecule has 0 radical (unpaired) electrons. The standard InChI is InChI=1S/C25H27NO2/c1-19(25(28)22-15-9-4-10-16-22)26-18-17-23(27)24(20-11-5-2-6-12-20)21-13-7-3-8-14-21/h2-16,19,24-26,28H,17-18H2,1H3. The monoisotopic (exact) mass is 373 g/mol. The zero-order chi connectivity index (χ0) is 19.8. The minimum absolute atomic E-state index is 0.137. The van der Waals surface area contributed by atoms with Crippen molar-refractivity contribution in [3.63, 3.8) is 0 Å². The highest BCUT2D eigenvalue weighted by atomic mass is 16.3. The molecule has 0 aliphatic carbocycles. The molecule has 0 saturated heterocycles. The first-order valence-corrected chi connectivity index (χ1v) is 9.76. The maximum Gasteiger partial charge on any atom is 0.145 e. The summed E-state index contributed by atoms with van der Waals surface area (Å²) < 4.78 is 0. The number of benzene rings is 3. The van der Waals surface area contributed by atoms with Gasteiger partial charge in [0, 0.05) is 19.0 Å². The molecule has 2 atom stereocenters. The van der Waals surface area contributed by atoms with Crippen LogP contribution < -0.4 is 5.32 Å². The molecule has 3 aromatic rings. The van der Waals surface area contributed by atoms with Crippen LogP contribution in [0, 0.1) is 0 Å². The first-order valence-electron chi connectivity index (χ1n) is 9.76. The number of aliphatic hydroxyl groups is 1. The molecular weight excluding hydrogens is 346 g/mol. The summed E-state index contributed by atoms with van der Waals surface area (Å²) in [7, 11) is 0. The van der Waals surface area contributed by atoms with Crippen molar-refractivity contribution in [2.45, 2.75) is 31.4 Å². The molecule has 0 aliphatic rings. The van der Waals surface area contributed by atoms with Crippen LogP contribution in [0.4, 0.5) is 0 Å². The summed E-state index contributed by atoms with van der Waals surface area (Å²) in [4.78, 5) is 13.1. The molecule has 3 aromatic carbocycles. The zero-order valence-electron chi connectivity index (χ0n) is 16.2. The van der Waals surface area contributed by atoms with Crippen molar-refractivity contribution < 1.29 is 9.90 Å². The molecule has 0 saturated carbocycles. The molecule has 2 N–H and O–H groups in total. The molecule has 0 aromatic heterocycles. The number of hydrogen-bond acceptors (Lipinski definition) is 3. The topological polar surface area (TPSA) is 49.3 Å². The minimum atomic E-state index is -0.602. The average Bonchev–Trinajstić information content (AvgIpc) is 2.75. The summed E-state index contributed by atoms with van der Waals surface area (Å²) in [5, 5.41) is 13.8. The molecular formula is C25H27NO2. The van der Waals surface area contributed by atoms with Crippen molar-refractivity contribution in [3.8, 4) is 0 Å². The number of rotatable bonds is 9. The Morgan fingerprint density at radius 1 is 0.786 bits per heavy atom. The molecule has 3 rings (SSSR count). The van der Waals surface area contributed by atoms with Gasteiger partial charge in [0.05, 0.1) is 12.0 Å². The van der Waals surface area contributed by atoms with Gasteiger partial charge in [0.15, 0.2) is 0 Å². The first-order chi connectivity index (χ1) is 13.7. The van der Waals surface area contributed by atoms with E-state index in [0.29, 0.717) is 13.0 Å². The second-order valence-corrected chi connectivity index (χ2v) is 7.07. The maximum absolute atomic E-state index is 13.1. The van der Waals surface area contributed by atoms with E-state index in [0.717, 1.165) is 16.7 Å². The van der Waals surface area contributed by atoms with Crippen LogP contribution in [0.15, 0.2) is 91.0 Å². The van der Waals surface area contributed by atoms with Gasteiger partial charge in [-0.2, -0.15) is 0 Å². The molecule has 0 fully saturated rings. The number of carbonyl (C=O) groups excluding carboxylic acids is 1. The van der Waals surface area contributed by atoms with E-state index in [9.17, 15) is 9.90 Å². The summed E-state index contributed by atoms with van der Waals surface area (Å²) >= 11 is 0. The lowest BCUT2D eigenvalue weighted by atomic mass is 9.86. The largest absolute Gasteiger partial charge is 0.387 e. The highest BCUT2D eigenvalue weighted by Crippen LogP contribution is 2.26. The number of nitrogens with one attached hydrogen (secondary N) is 1. The predicted octanol–water partition coefficient (Wildman–Crippen LogP) is 4.49. The molecule has 0 bridgehead atoms. The van der Waals surface area contributed by atoms with Gasteiger partial charge in [-0.15, -0.1) is 0 Å². The summed E-state index contributed by atoms with van der Waals surface area (Å²) in [6.45, 7) is 2.47. The van der Waals surface area contributed by atoms with Gasteiger partial charge in [-0.05, 0) is 23.6 Å². The summed E-state index contributed by atoms with van der Waals surface area (Å²) in [6.07, 6.45) is -0.198. The second-order valence-electron chi connectivity index (χ2n) is 7.07. The molecule has 3 heteroatoms. The van der Waals surface area contributed by atoms with Gasteiger partial charge in [-0.3, -0.25) is 4.79 Å². The van der Waals surface area contributed by atoms with E-state index in [1.165, 1.54) is 0 Å². The van der Waals surface area contributed by atoms with E-state index >= 15 is 0 Å². The Balaban J connectivity index is 1.63. The van der Waals surface area contributed by atoms with E-state index in [2.05, 4.69) is 5.32 Å². The van der Waals surface area contributed by atoms with Gasteiger partial charge in [0.2, 0.25) is 0 Å². The number of hydrogen-bond donors (Lipinski definition) is 2. The van der Waals surface area contributed by atoms with Crippen molar-refractivity contribution in [1.29, 1.82) is 0 Å². The van der Waals surface area contributed by atoms with Crippen LogP contribution in [-0.2, 0) is 4.79 Å². The lowest BCUT2D eigenvalue weighted by Crippen LogP contribution is -2.34. The van der Waals surface area contributed by atoms with Crippen LogP contribution in [-0.4, -0.2) is 23.5 Å². The van der Waals surface area contributed by atoms with Crippen molar-refractivity contribution in [1.82, 2.24) is 5.32 Å². The van der Waals surface area contributed by atoms with Crippen LogP contribution in [0.3, 0.4) is 0 Å². The molecule has 0 aliphatic heterocycles. The molecule has 0 heterocycles. The molecule has 3 nitrogen and oxygen atoms in total. The van der Waals surface area contributed by atoms with E-state index in [1.807, 2.05) is 97.9 Å². The Morgan fingerprint density at radius 2 is 1.21 bits per heavy atom.